The molecule has 1 aromatic carbocycles. The minimum Gasteiger partial charge on any atom is -0.427 e. The molecule has 0 bridgehead atoms. The molecule has 3 nitrogen and oxygen atoms in total. The SMILES string of the molecule is O=C(OC1=CC(=O)C2CCC2CC1)c1ccc(Cl)cc1. The van der Waals surface area contributed by atoms with Gasteiger partial charge >= 0.3 is 5.97 Å². The molecule has 104 valence electrons. The average Bonchev–Trinajstić information content (AvgIpc) is 2.46. The van der Waals surface area contributed by atoms with Gasteiger partial charge in [-0.2, -0.15) is 0 Å². The fourth-order valence-corrected chi connectivity index (χ4v) is 2.93. The molecular formula is C16H15ClO3. The quantitative estimate of drug-likeness (QED) is 0.779. The van der Waals surface area contributed by atoms with Crippen molar-refractivity contribution in [3.05, 3.63) is 46.7 Å². The Morgan fingerprint density at radius 2 is 1.90 bits per heavy atom. The van der Waals surface area contributed by atoms with Crippen LogP contribution in [0.2, 0.25) is 5.02 Å². The fourth-order valence-electron chi connectivity index (χ4n) is 2.80. The van der Waals surface area contributed by atoms with Crippen LogP contribution in [0.1, 0.15) is 36.0 Å². The van der Waals surface area contributed by atoms with Gasteiger partial charge in [0.05, 0.1) is 5.56 Å². The molecule has 0 N–H and O–H groups in total. The lowest BCUT2D eigenvalue weighted by atomic mass is 9.70. The summed E-state index contributed by atoms with van der Waals surface area (Å²) in [6.07, 6.45) is 5.18. The molecule has 0 radical (unpaired) electrons. The van der Waals surface area contributed by atoms with E-state index in [4.69, 9.17) is 16.3 Å². The summed E-state index contributed by atoms with van der Waals surface area (Å²) in [5.41, 5.74) is 0.440. The second kappa shape index (κ2) is 5.41. The number of hydrogen-bond donors (Lipinski definition) is 0. The van der Waals surface area contributed by atoms with E-state index in [1.54, 1.807) is 24.3 Å². The van der Waals surface area contributed by atoms with Crippen LogP contribution < -0.4 is 0 Å². The number of carbonyl (C=O) groups excluding carboxylic acids is 2. The van der Waals surface area contributed by atoms with E-state index in [1.807, 2.05) is 0 Å². The molecule has 0 spiro atoms. The van der Waals surface area contributed by atoms with Crippen molar-refractivity contribution in [2.24, 2.45) is 11.8 Å². The Kier molecular flexibility index (Phi) is 3.62. The Labute approximate surface area is 122 Å². The van der Waals surface area contributed by atoms with E-state index in [0.29, 0.717) is 28.7 Å². The molecule has 2 atom stereocenters. The lowest BCUT2D eigenvalue weighted by molar-refractivity contribution is -0.122. The van der Waals surface area contributed by atoms with Gasteiger partial charge in [-0.15, -0.1) is 0 Å². The van der Waals surface area contributed by atoms with Gasteiger partial charge in [0.2, 0.25) is 0 Å². The maximum Gasteiger partial charge on any atom is 0.343 e. The number of fused-ring (bicyclic) bond motifs is 1. The third-order valence-corrected chi connectivity index (χ3v) is 4.40. The first-order valence-corrected chi connectivity index (χ1v) is 7.23. The topological polar surface area (TPSA) is 43.4 Å². The first-order valence-electron chi connectivity index (χ1n) is 6.85. The zero-order valence-electron chi connectivity index (χ0n) is 11.0. The van der Waals surface area contributed by atoms with Crippen molar-refractivity contribution in [1.29, 1.82) is 0 Å². The molecule has 20 heavy (non-hydrogen) atoms. The van der Waals surface area contributed by atoms with Gasteiger partial charge in [-0.1, -0.05) is 11.6 Å². The molecule has 0 heterocycles. The normalized spacial score (nSPS) is 25.1. The van der Waals surface area contributed by atoms with Crippen molar-refractivity contribution < 1.29 is 14.3 Å². The fraction of sp³-hybridized carbons (Fsp3) is 0.375. The molecule has 2 aliphatic carbocycles. The second-order valence-corrected chi connectivity index (χ2v) is 5.83. The van der Waals surface area contributed by atoms with Crippen LogP contribution in [-0.4, -0.2) is 11.8 Å². The largest absolute Gasteiger partial charge is 0.427 e. The van der Waals surface area contributed by atoms with Crippen molar-refractivity contribution >= 4 is 23.4 Å². The van der Waals surface area contributed by atoms with Crippen molar-refractivity contribution in [1.82, 2.24) is 0 Å². The Morgan fingerprint density at radius 3 is 2.55 bits per heavy atom. The predicted octanol–water partition coefficient (Wildman–Crippen LogP) is 3.77. The van der Waals surface area contributed by atoms with Crippen LogP contribution in [0.5, 0.6) is 0 Å². The zero-order valence-corrected chi connectivity index (χ0v) is 11.7. The van der Waals surface area contributed by atoms with Crippen LogP contribution in [-0.2, 0) is 9.53 Å². The maximum atomic E-state index is 12.0. The zero-order chi connectivity index (χ0) is 14.1. The van der Waals surface area contributed by atoms with Crippen LogP contribution in [0.4, 0.5) is 0 Å². The lowest BCUT2D eigenvalue weighted by Gasteiger charge is -2.33. The predicted molar refractivity (Wildman–Crippen MR) is 75.4 cm³/mol. The number of esters is 1. The molecule has 3 rings (SSSR count). The minimum atomic E-state index is -0.435. The Morgan fingerprint density at radius 1 is 1.15 bits per heavy atom. The third kappa shape index (κ3) is 2.63. The van der Waals surface area contributed by atoms with E-state index in [9.17, 15) is 9.59 Å². The Hall–Kier alpha value is -1.61. The van der Waals surface area contributed by atoms with Gasteiger partial charge in [0.15, 0.2) is 5.78 Å². The summed E-state index contributed by atoms with van der Waals surface area (Å²) in [7, 11) is 0. The van der Waals surface area contributed by atoms with Gasteiger partial charge in [0, 0.05) is 23.4 Å². The van der Waals surface area contributed by atoms with Crippen molar-refractivity contribution in [2.75, 3.05) is 0 Å². The number of allylic oxidation sites excluding steroid dienone is 2. The molecule has 1 fully saturated rings. The molecule has 4 heteroatoms. The van der Waals surface area contributed by atoms with E-state index in [1.165, 1.54) is 6.08 Å². The molecule has 2 unspecified atom stereocenters. The van der Waals surface area contributed by atoms with E-state index < -0.39 is 5.97 Å². The number of carbonyl (C=O) groups is 2. The van der Waals surface area contributed by atoms with E-state index in [-0.39, 0.29) is 11.7 Å². The van der Waals surface area contributed by atoms with E-state index >= 15 is 0 Å². The van der Waals surface area contributed by atoms with Crippen LogP contribution >= 0.6 is 11.6 Å². The highest BCUT2D eigenvalue weighted by atomic mass is 35.5. The van der Waals surface area contributed by atoms with Crippen LogP contribution in [0, 0.1) is 11.8 Å². The van der Waals surface area contributed by atoms with Gasteiger partial charge in [-0.3, -0.25) is 4.79 Å². The Bertz CT molecular complexity index is 574. The minimum absolute atomic E-state index is 0.109. The molecule has 2 aliphatic rings. The smallest absolute Gasteiger partial charge is 0.343 e. The van der Waals surface area contributed by atoms with Crippen molar-refractivity contribution in [3.8, 4) is 0 Å². The van der Waals surface area contributed by atoms with Crippen molar-refractivity contribution in [3.63, 3.8) is 0 Å². The summed E-state index contributed by atoms with van der Waals surface area (Å²) in [4.78, 5) is 24.0. The van der Waals surface area contributed by atoms with Crippen LogP contribution in [0.25, 0.3) is 0 Å². The summed E-state index contributed by atoms with van der Waals surface area (Å²) in [5.74, 6) is 0.796. The summed E-state index contributed by atoms with van der Waals surface area (Å²) in [6, 6.07) is 6.52. The highest BCUT2D eigenvalue weighted by molar-refractivity contribution is 6.30. The number of ether oxygens (including phenoxy) is 1. The van der Waals surface area contributed by atoms with Gasteiger partial charge in [-0.05, 0) is 49.4 Å². The molecular weight excluding hydrogens is 276 g/mol. The Balaban J connectivity index is 1.70. The van der Waals surface area contributed by atoms with Gasteiger partial charge in [-0.25, -0.2) is 4.79 Å². The average molecular weight is 291 g/mol. The van der Waals surface area contributed by atoms with Crippen LogP contribution in [0.15, 0.2) is 36.1 Å². The van der Waals surface area contributed by atoms with Crippen LogP contribution in [0.3, 0.4) is 0 Å². The second-order valence-electron chi connectivity index (χ2n) is 5.39. The number of hydrogen-bond acceptors (Lipinski definition) is 3. The summed E-state index contributed by atoms with van der Waals surface area (Å²) in [6.45, 7) is 0. The highest BCUT2D eigenvalue weighted by Gasteiger charge is 2.37. The first-order chi connectivity index (χ1) is 9.63. The molecule has 0 aliphatic heterocycles. The molecule has 0 aromatic heterocycles. The summed E-state index contributed by atoms with van der Waals surface area (Å²) >= 11 is 5.78. The molecule has 1 aromatic rings. The molecule has 1 saturated carbocycles. The number of ketones is 1. The standard InChI is InChI=1S/C16H15ClO3/c17-12-5-1-11(2-6-12)16(19)20-13-7-3-10-4-8-14(10)15(18)9-13/h1-2,5-6,9-10,14H,3-4,7-8H2. The molecule has 0 saturated heterocycles. The van der Waals surface area contributed by atoms with Gasteiger partial charge in [0.1, 0.15) is 5.76 Å². The maximum absolute atomic E-state index is 12.0. The number of benzene rings is 1. The highest BCUT2D eigenvalue weighted by Crippen LogP contribution is 2.41. The number of halogens is 1. The van der Waals surface area contributed by atoms with Gasteiger partial charge in [0.25, 0.3) is 0 Å². The monoisotopic (exact) mass is 290 g/mol. The number of rotatable bonds is 2. The third-order valence-electron chi connectivity index (χ3n) is 4.15. The lowest BCUT2D eigenvalue weighted by Crippen LogP contribution is -2.30. The molecule has 0 amide bonds. The van der Waals surface area contributed by atoms with E-state index in [2.05, 4.69) is 0 Å². The summed E-state index contributed by atoms with van der Waals surface area (Å²) < 4.78 is 5.35. The summed E-state index contributed by atoms with van der Waals surface area (Å²) in [5, 5.41) is 0.571. The first kappa shape index (κ1) is 13.4. The van der Waals surface area contributed by atoms with Gasteiger partial charge < -0.3 is 4.74 Å². The van der Waals surface area contributed by atoms with Crippen molar-refractivity contribution in [2.45, 2.75) is 25.7 Å². The van der Waals surface area contributed by atoms with E-state index in [0.717, 1.165) is 19.3 Å².